The van der Waals surface area contributed by atoms with Crippen LogP contribution in [0.1, 0.15) is 24.0 Å². The molecule has 0 aliphatic carbocycles. The molecule has 1 aromatic rings. The minimum absolute atomic E-state index is 0.641. The summed E-state index contributed by atoms with van der Waals surface area (Å²) in [6, 6.07) is 5.88. The molecule has 0 heterocycles. The molecule has 1 nitrogen and oxygen atoms in total. The summed E-state index contributed by atoms with van der Waals surface area (Å²) >= 11 is 5.82. The van der Waals surface area contributed by atoms with Crippen LogP contribution in [0.15, 0.2) is 18.2 Å². The highest BCUT2D eigenvalue weighted by molar-refractivity contribution is 6.30. The van der Waals surface area contributed by atoms with Crippen molar-refractivity contribution in [2.45, 2.75) is 26.2 Å². The van der Waals surface area contributed by atoms with Crippen molar-refractivity contribution in [3.8, 4) is 0 Å². The molecule has 0 fully saturated rings. The normalized spacial score (nSPS) is 10.0. The summed E-state index contributed by atoms with van der Waals surface area (Å²) in [6.07, 6.45) is 3.49. The molecule has 0 saturated heterocycles. The molecule has 0 unspecified atom stereocenters. The van der Waals surface area contributed by atoms with Crippen LogP contribution < -0.4 is 0 Å². The van der Waals surface area contributed by atoms with E-state index >= 15 is 0 Å². The van der Waals surface area contributed by atoms with Gasteiger partial charge in [0.2, 0.25) is 0 Å². The fraction of sp³-hybridized carbons (Fsp3) is 0.364. The van der Waals surface area contributed by atoms with Crippen molar-refractivity contribution in [3.05, 3.63) is 34.3 Å². The van der Waals surface area contributed by atoms with Gasteiger partial charge >= 0.3 is 0 Å². The van der Waals surface area contributed by atoms with Gasteiger partial charge < -0.3 is 4.79 Å². The number of rotatable bonds is 4. The molecule has 0 atom stereocenters. The van der Waals surface area contributed by atoms with E-state index in [0.29, 0.717) is 6.42 Å². The first kappa shape index (κ1) is 10.3. The van der Waals surface area contributed by atoms with Gasteiger partial charge in [0.15, 0.2) is 0 Å². The first-order chi connectivity index (χ1) is 6.24. The highest BCUT2D eigenvalue weighted by atomic mass is 35.5. The lowest BCUT2D eigenvalue weighted by atomic mass is 10.0. The van der Waals surface area contributed by atoms with Crippen molar-refractivity contribution in [3.63, 3.8) is 0 Å². The number of aryl methyl sites for hydroxylation is 2. The predicted octanol–water partition coefficient (Wildman–Crippen LogP) is 3.17. The van der Waals surface area contributed by atoms with E-state index in [4.69, 9.17) is 11.6 Å². The molecule has 0 N–H and O–H groups in total. The average molecular weight is 197 g/mol. The van der Waals surface area contributed by atoms with Crippen molar-refractivity contribution in [1.82, 2.24) is 0 Å². The Morgan fingerprint density at radius 2 is 2.23 bits per heavy atom. The van der Waals surface area contributed by atoms with E-state index in [1.165, 1.54) is 11.1 Å². The summed E-state index contributed by atoms with van der Waals surface area (Å²) in [6.45, 7) is 2.04. The molecule has 13 heavy (non-hydrogen) atoms. The van der Waals surface area contributed by atoms with E-state index in [2.05, 4.69) is 0 Å². The van der Waals surface area contributed by atoms with Crippen LogP contribution in [-0.2, 0) is 11.2 Å². The molecule has 0 aliphatic rings. The van der Waals surface area contributed by atoms with Crippen molar-refractivity contribution >= 4 is 17.9 Å². The molecular weight excluding hydrogens is 184 g/mol. The molecule has 0 amide bonds. The molecular formula is C11H13ClO. The van der Waals surface area contributed by atoms with Gasteiger partial charge in [0.25, 0.3) is 0 Å². The summed E-state index contributed by atoms with van der Waals surface area (Å²) in [5.74, 6) is 0. The Balaban J connectivity index is 2.61. The van der Waals surface area contributed by atoms with Gasteiger partial charge in [-0.15, -0.1) is 0 Å². The van der Waals surface area contributed by atoms with Crippen LogP contribution in [0.4, 0.5) is 0 Å². The third-order valence-electron chi connectivity index (χ3n) is 2.07. The number of carbonyl (C=O) groups is 1. The van der Waals surface area contributed by atoms with E-state index < -0.39 is 0 Å². The van der Waals surface area contributed by atoms with Crippen molar-refractivity contribution in [2.75, 3.05) is 0 Å². The molecule has 1 rings (SSSR count). The van der Waals surface area contributed by atoms with Crippen LogP contribution >= 0.6 is 11.6 Å². The summed E-state index contributed by atoms with van der Waals surface area (Å²) in [5, 5.41) is 0.775. The lowest BCUT2D eigenvalue weighted by molar-refractivity contribution is -0.107. The first-order valence-corrected chi connectivity index (χ1v) is 4.80. The Morgan fingerprint density at radius 3 is 2.85 bits per heavy atom. The third kappa shape index (κ3) is 3.19. The molecule has 2 heteroatoms. The molecule has 0 radical (unpaired) electrons. The van der Waals surface area contributed by atoms with Crippen molar-refractivity contribution < 1.29 is 4.79 Å². The largest absolute Gasteiger partial charge is 0.303 e. The number of hydrogen-bond donors (Lipinski definition) is 0. The summed E-state index contributed by atoms with van der Waals surface area (Å²) in [4.78, 5) is 10.1. The van der Waals surface area contributed by atoms with Gasteiger partial charge in [0, 0.05) is 11.4 Å². The number of benzene rings is 1. The zero-order valence-electron chi connectivity index (χ0n) is 7.72. The van der Waals surface area contributed by atoms with E-state index in [1.54, 1.807) is 0 Å². The Labute approximate surface area is 83.7 Å². The van der Waals surface area contributed by atoms with Gasteiger partial charge in [-0.25, -0.2) is 0 Å². The van der Waals surface area contributed by atoms with Crippen LogP contribution in [-0.4, -0.2) is 6.29 Å². The Bertz CT molecular complexity index is 294. The summed E-state index contributed by atoms with van der Waals surface area (Å²) < 4.78 is 0. The van der Waals surface area contributed by atoms with Gasteiger partial charge in [-0.2, -0.15) is 0 Å². The van der Waals surface area contributed by atoms with Crippen LogP contribution in [0.5, 0.6) is 0 Å². The highest BCUT2D eigenvalue weighted by Crippen LogP contribution is 2.16. The zero-order chi connectivity index (χ0) is 9.68. The quantitative estimate of drug-likeness (QED) is 0.534. The first-order valence-electron chi connectivity index (χ1n) is 4.42. The smallest absolute Gasteiger partial charge is 0.120 e. The fourth-order valence-corrected chi connectivity index (χ4v) is 1.54. The van der Waals surface area contributed by atoms with Crippen LogP contribution in [0.25, 0.3) is 0 Å². The second kappa shape index (κ2) is 5.03. The van der Waals surface area contributed by atoms with Crippen molar-refractivity contribution in [1.29, 1.82) is 0 Å². The van der Waals surface area contributed by atoms with Gasteiger partial charge in [-0.1, -0.05) is 17.7 Å². The van der Waals surface area contributed by atoms with E-state index in [-0.39, 0.29) is 0 Å². The molecule has 0 bridgehead atoms. The second-order valence-electron chi connectivity index (χ2n) is 3.13. The standard InChI is InChI=1S/C11H13ClO/c1-9-8-11(12)6-5-10(9)4-2-3-7-13/h5-8H,2-4H2,1H3. The van der Waals surface area contributed by atoms with Crippen molar-refractivity contribution in [2.24, 2.45) is 0 Å². The van der Waals surface area contributed by atoms with Crippen LogP contribution in [0, 0.1) is 6.92 Å². The molecule has 70 valence electrons. The molecule has 0 aromatic heterocycles. The van der Waals surface area contributed by atoms with Gasteiger partial charge in [0.1, 0.15) is 6.29 Å². The predicted molar refractivity (Wildman–Crippen MR) is 55.2 cm³/mol. The van der Waals surface area contributed by atoms with Crippen LogP contribution in [0.2, 0.25) is 5.02 Å². The summed E-state index contributed by atoms with van der Waals surface area (Å²) in [5.41, 5.74) is 2.49. The van der Waals surface area contributed by atoms with E-state index in [1.807, 2.05) is 25.1 Å². The molecule has 1 aromatic carbocycles. The number of aldehydes is 1. The zero-order valence-corrected chi connectivity index (χ0v) is 8.47. The minimum Gasteiger partial charge on any atom is -0.303 e. The maximum absolute atomic E-state index is 10.1. The molecule has 0 saturated carbocycles. The van der Waals surface area contributed by atoms with E-state index in [9.17, 15) is 4.79 Å². The number of halogens is 1. The topological polar surface area (TPSA) is 17.1 Å². The maximum Gasteiger partial charge on any atom is 0.120 e. The van der Waals surface area contributed by atoms with Gasteiger partial charge in [-0.05, 0) is 43.0 Å². The monoisotopic (exact) mass is 196 g/mol. The third-order valence-corrected chi connectivity index (χ3v) is 2.31. The number of unbranched alkanes of at least 4 members (excludes halogenated alkanes) is 1. The van der Waals surface area contributed by atoms with Crippen LogP contribution in [0.3, 0.4) is 0 Å². The van der Waals surface area contributed by atoms with E-state index in [0.717, 1.165) is 24.2 Å². The number of carbonyl (C=O) groups excluding carboxylic acids is 1. The Morgan fingerprint density at radius 1 is 1.46 bits per heavy atom. The molecule has 0 spiro atoms. The second-order valence-corrected chi connectivity index (χ2v) is 3.57. The Kier molecular flexibility index (Phi) is 3.97. The fourth-order valence-electron chi connectivity index (χ4n) is 1.32. The van der Waals surface area contributed by atoms with Gasteiger partial charge in [-0.3, -0.25) is 0 Å². The Hall–Kier alpha value is -0.820. The van der Waals surface area contributed by atoms with Gasteiger partial charge in [0.05, 0.1) is 0 Å². The lowest BCUT2D eigenvalue weighted by Gasteiger charge is -2.04. The SMILES string of the molecule is Cc1cc(Cl)ccc1CCCC=O. The average Bonchev–Trinajstić information content (AvgIpc) is 2.09. The lowest BCUT2D eigenvalue weighted by Crippen LogP contribution is -1.90. The number of hydrogen-bond acceptors (Lipinski definition) is 1. The summed E-state index contributed by atoms with van der Waals surface area (Å²) in [7, 11) is 0. The minimum atomic E-state index is 0.641. The molecule has 0 aliphatic heterocycles. The maximum atomic E-state index is 10.1. The highest BCUT2D eigenvalue weighted by Gasteiger charge is 1.98.